The predicted molar refractivity (Wildman–Crippen MR) is 105 cm³/mol. The third kappa shape index (κ3) is 2.21. The molecule has 0 radical (unpaired) electrons. The van der Waals surface area contributed by atoms with Gasteiger partial charge in [-0.25, -0.2) is 0 Å². The second-order valence-electron chi connectivity index (χ2n) is 10.3. The zero-order valence-electron chi connectivity index (χ0n) is 15.8. The molecule has 4 aliphatic carbocycles. The van der Waals surface area contributed by atoms with Crippen molar-refractivity contribution in [2.75, 3.05) is 0 Å². The molecule has 1 aromatic rings. The fourth-order valence-corrected chi connectivity index (χ4v) is 7.70. The van der Waals surface area contributed by atoms with Gasteiger partial charge in [-0.05, 0) is 80.8 Å². The van der Waals surface area contributed by atoms with Gasteiger partial charge in [0.25, 0.3) is 0 Å². The van der Waals surface area contributed by atoms with E-state index in [2.05, 4.69) is 31.7 Å². The summed E-state index contributed by atoms with van der Waals surface area (Å²) in [5.74, 6) is 2.49. The number of rotatable bonds is 2. The van der Waals surface area contributed by atoms with E-state index in [4.69, 9.17) is 23.2 Å². The number of carbonyl (C=O) groups excluding carboxylic acids is 1. The smallest absolute Gasteiger partial charge is 0.231 e. The lowest BCUT2D eigenvalue weighted by Crippen LogP contribution is -2.70. The van der Waals surface area contributed by atoms with Crippen LogP contribution in [0.25, 0.3) is 0 Å². The second-order valence-corrected chi connectivity index (χ2v) is 11.0. The maximum atomic E-state index is 13.2. The first-order chi connectivity index (χ1) is 12.2. The summed E-state index contributed by atoms with van der Waals surface area (Å²) in [6, 6.07) is 6.27. The highest BCUT2D eigenvalue weighted by Crippen LogP contribution is 2.64. The van der Waals surface area contributed by atoms with Gasteiger partial charge >= 0.3 is 0 Å². The van der Waals surface area contributed by atoms with Crippen molar-refractivity contribution in [2.24, 2.45) is 28.6 Å². The van der Waals surface area contributed by atoms with Gasteiger partial charge in [0.05, 0.1) is 21.5 Å². The molecule has 0 aromatic heterocycles. The number of benzene rings is 1. The average molecular weight is 392 g/mol. The van der Waals surface area contributed by atoms with E-state index in [0.717, 1.165) is 11.5 Å². The number of hydrogen-bond acceptors (Lipinski definition) is 1. The number of nitrogens with zero attached hydrogens (tertiary/aromatic N) is 1. The molecule has 0 N–H and O–H groups in total. The molecule has 1 heterocycles. The van der Waals surface area contributed by atoms with Gasteiger partial charge in [-0.15, -0.1) is 0 Å². The number of halogens is 2. The van der Waals surface area contributed by atoms with Crippen molar-refractivity contribution in [2.45, 2.75) is 65.0 Å². The van der Waals surface area contributed by atoms with Crippen molar-refractivity contribution in [1.82, 2.24) is 4.90 Å². The van der Waals surface area contributed by atoms with Crippen LogP contribution >= 0.6 is 23.2 Å². The molecule has 4 bridgehead atoms. The molecular formula is C22H27Cl2NO. The van der Waals surface area contributed by atoms with Crippen LogP contribution in [0.1, 0.15) is 64.5 Å². The van der Waals surface area contributed by atoms with E-state index < -0.39 is 5.41 Å². The van der Waals surface area contributed by atoms with Crippen LogP contribution in [-0.4, -0.2) is 16.8 Å². The SMILES string of the molecule is CC1(C)C(=O)N([C@H]2C3CC4CC2C[C@](C)(C4)C3)C1c1cccc(Cl)c1Cl. The monoisotopic (exact) mass is 391 g/mol. The van der Waals surface area contributed by atoms with Crippen molar-refractivity contribution in [3.05, 3.63) is 33.8 Å². The quantitative estimate of drug-likeness (QED) is 0.556. The Balaban J connectivity index is 1.54. The summed E-state index contributed by atoms with van der Waals surface area (Å²) in [6.45, 7) is 6.60. The maximum absolute atomic E-state index is 13.2. The molecule has 1 amide bonds. The van der Waals surface area contributed by atoms with Gasteiger partial charge in [-0.3, -0.25) is 4.79 Å². The molecule has 140 valence electrons. The van der Waals surface area contributed by atoms with Gasteiger partial charge in [0.1, 0.15) is 0 Å². The summed E-state index contributed by atoms with van der Waals surface area (Å²) in [4.78, 5) is 15.4. The molecule has 4 saturated carbocycles. The Hall–Kier alpha value is -0.730. The molecule has 2 nitrogen and oxygen atoms in total. The van der Waals surface area contributed by atoms with Crippen LogP contribution < -0.4 is 0 Å². The highest BCUT2D eigenvalue weighted by atomic mass is 35.5. The van der Waals surface area contributed by atoms with Gasteiger partial charge < -0.3 is 4.90 Å². The van der Waals surface area contributed by atoms with Crippen LogP contribution in [0.3, 0.4) is 0 Å². The van der Waals surface area contributed by atoms with Crippen LogP contribution in [0.15, 0.2) is 18.2 Å². The van der Waals surface area contributed by atoms with E-state index in [-0.39, 0.29) is 6.04 Å². The predicted octanol–water partition coefficient (Wildman–Crippen LogP) is 6.12. The third-order valence-electron chi connectivity index (χ3n) is 7.87. The van der Waals surface area contributed by atoms with E-state index in [1.807, 2.05) is 12.1 Å². The molecule has 6 rings (SSSR count). The maximum Gasteiger partial charge on any atom is 0.231 e. The number of amides is 1. The minimum absolute atomic E-state index is 0.0385. The van der Waals surface area contributed by atoms with E-state index in [1.54, 1.807) is 0 Å². The molecule has 1 aromatic carbocycles. The van der Waals surface area contributed by atoms with E-state index in [9.17, 15) is 4.79 Å². The highest BCUT2D eigenvalue weighted by Gasteiger charge is 2.63. The third-order valence-corrected chi connectivity index (χ3v) is 8.71. The topological polar surface area (TPSA) is 20.3 Å². The Labute approximate surface area is 166 Å². The van der Waals surface area contributed by atoms with Crippen molar-refractivity contribution in [3.63, 3.8) is 0 Å². The summed E-state index contributed by atoms with van der Waals surface area (Å²) >= 11 is 12.9. The van der Waals surface area contributed by atoms with Crippen molar-refractivity contribution in [3.8, 4) is 0 Å². The molecule has 4 heteroatoms. The Bertz CT molecular complexity index is 772. The largest absolute Gasteiger partial charge is 0.330 e. The molecular weight excluding hydrogens is 365 g/mol. The number of carbonyl (C=O) groups is 1. The van der Waals surface area contributed by atoms with Crippen LogP contribution in [0, 0.1) is 28.6 Å². The first kappa shape index (κ1) is 17.4. The lowest BCUT2D eigenvalue weighted by Gasteiger charge is -2.66. The first-order valence-electron chi connectivity index (χ1n) is 9.98. The first-order valence-corrected chi connectivity index (χ1v) is 10.7. The summed E-state index contributed by atoms with van der Waals surface area (Å²) in [6.07, 6.45) is 6.57. The number of likely N-dealkylation sites (tertiary alicyclic amines) is 1. The molecule has 1 aliphatic heterocycles. The van der Waals surface area contributed by atoms with Gasteiger partial charge in [0.2, 0.25) is 5.91 Å². The molecule has 0 spiro atoms. The summed E-state index contributed by atoms with van der Waals surface area (Å²) in [5, 5.41) is 1.19. The zero-order valence-corrected chi connectivity index (χ0v) is 17.3. The van der Waals surface area contributed by atoms with Gasteiger partial charge in [0.15, 0.2) is 0 Å². The standard InChI is InChI=1S/C22H27Cl2NO/c1-21(2)19(15-5-4-6-16(23)17(15)24)25(20(21)26)18-13-7-12-8-14(18)11-22(3,9-12)10-13/h4-6,12-14,18-19H,7-11H2,1-3H3/t12?,13?,14?,18-,19?,22+. The molecule has 1 saturated heterocycles. The normalized spacial score (nSPS) is 42.9. The second kappa shape index (κ2) is 5.41. The minimum Gasteiger partial charge on any atom is -0.330 e. The highest BCUT2D eigenvalue weighted by molar-refractivity contribution is 6.42. The fourth-order valence-electron chi connectivity index (χ4n) is 7.28. The van der Waals surface area contributed by atoms with Crippen molar-refractivity contribution < 1.29 is 4.79 Å². The number of hydrogen-bond donors (Lipinski definition) is 0. The van der Waals surface area contributed by atoms with E-state index in [0.29, 0.717) is 39.2 Å². The van der Waals surface area contributed by atoms with Gasteiger partial charge in [-0.2, -0.15) is 0 Å². The summed E-state index contributed by atoms with van der Waals surface area (Å²) in [7, 11) is 0. The van der Waals surface area contributed by atoms with Gasteiger partial charge in [-0.1, -0.05) is 42.3 Å². The molecule has 5 aliphatic rings. The molecule has 5 fully saturated rings. The number of β-lactam (4-membered cyclic amide) rings is 1. The van der Waals surface area contributed by atoms with E-state index >= 15 is 0 Å². The lowest BCUT2D eigenvalue weighted by molar-refractivity contribution is -0.197. The Morgan fingerprint density at radius 2 is 1.69 bits per heavy atom. The Kier molecular flexibility index (Phi) is 3.62. The Morgan fingerprint density at radius 1 is 1.04 bits per heavy atom. The molecule has 3 atom stereocenters. The fraction of sp³-hybridized carbons (Fsp3) is 0.682. The van der Waals surface area contributed by atoms with Crippen molar-refractivity contribution >= 4 is 29.1 Å². The van der Waals surface area contributed by atoms with Crippen LogP contribution in [0.5, 0.6) is 0 Å². The molecule has 26 heavy (non-hydrogen) atoms. The van der Waals surface area contributed by atoms with Crippen LogP contribution in [0.4, 0.5) is 0 Å². The minimum atomic E-state index is -0.410. The van der Waals surface area contributed by atoms with E-state index in [1.165, 1.54) is 32.1 Å². The zero-order chi connectivity index (χ0) is 18.4. The Morgan fingerprint density at radius 3 is 2.31 bits per heavy atom. The van der Waals surface area contributed by atoms with Crippen molar-refractivity contribution in [1.29, 1.82) is 0 Å². The lowest BCUT2D eigenvalue weighted by atomic mass is 9.47. The van der Waals surface area contributed by atoms with Gasteiger partial charge in [0, 0.05) is 6.04 Å². The summed E-state index contributed by atoms with van der Waals surface area (Å²) in [5.41, 5.74) is 1.12. The van der Waals surface area contributed by atoms with Crippen LogP contribution in [0.2, 0.25) is 10.0 Å². The average Bonchev–Trinajstić information content (AvgIpc) is 2.55. The molecule has 3 unspecified atom stereocenters. The van der Waals surface area contributed by atoms with Crippen LogP contribution in [-0.2, 0) is 4.79 Å². The summed E-state index contributed by atoms with van der Waals surface area (Å²) < 4.78 is 0.